The molecule has 0 amide bonds. The third-order valence-corrected chi connectivity index (χ3v) is 3.47. The van der Waals surface area contributed by atoms with E-state index < -0.39 is 0 Å². The van der Waals surface area contributed by atoms with Crippen LogP contribution in [0.25, 0.3) is 0 Å². The highest BCUT2D eigenvalue weighted by Gasteiger charge is 2.30. The SMILES string of the molecule is CCNCC(C)CNC1CCC(C)(C)C1. The van der Waals surface area contributed by atoms with Crippen LogP contribution in [0.1, 0.15) is 47.0 Å². The van der Waals surface area contributed by atoms with E-state index in [0.717, 1.165) is 31.6 Å². The molecule has 1 fully saturated rings. The second-order valence-electron chi connectivity index (χ2n) is 5.93. The maximum absolute atomic E-state index is 3.71. The lowest BCUT2D eigenvalue weighted by Crippen LogP contribution is -2.35. The Morgan fingerprint density at radius 3 is 2.60 bits per heavy atom. The molecule has 0 heterocycles. The minimum Gasteiger partial charge on any atom is -0.317 e. The highest BCUT2D eigenvalue weighted by Crippen LogP contribution is 2.36. The first-order chi connectivity index (χ1) is 7.03. The smallest absolute Gasteiger partial charge is 0.00724 e. The molecule has 1 rings (SSSR count). The van der Waals surface area contributed by atoms with E-state index in [4.69, 9.17) is 0 Å². The van der Waals surface area contributed by atoms with Crippen LogP contribution < -0.4 is 10.6 Å². The average molecular weight is 212 g/mol. The van der Waals surface area contributed by atoms with Crippen LogP contribution in [0.4, 0.5) is 0 Å². The molecule has 2 atom stereocenters. The zero-order valence-electron chi connectivity index (χ0n) is 10.9. The molecule has 1 saturated carbocycles. The number of rotatable bonds is 6. The van der Waals surface area contributed by atoms with Crippen molar-refractivity contribution in [3.8, 4) is 0 Å². The van der Waals surface area contributed by atoms with Crippen molar-refractivity contribution in [1.29, 1.82) is 0 Å². The summed E-state index contributed by atoms with van der Waals surface area (Å²) in [5.41, 5.74) is 0.572. The monoisotopic (exact) mass is 212 g/mol. The number of hydrogen-bond donors (Lipinski definition) is 2. The minimum absolute atomic E-state index is 0.572. The van der Waals surface area contributed by atoms with Crippen LogP contribution in [-0.2, 0) is 0 Å². The summed E-state index contributed by atoms with van der Waals surface area (Å²) in [6.07, 6.45) is 4.09. The van der Waals surface area contributed by atoms with Crippen LogP contribution in [0.15, 0.2) is 0 Å². The van der Waals surface area contributed by atoms with Gasteiger partial charge in [0.15, 0.2) is 0 Å². The predicted molar refractivity (Wildman–Crippen MR) is 67.1 cm³/mol. The van der Waals surface area contributed by atoms with E-state index in [2.05, 4.69) is 38.3 Å². The molecule has 2 N–H and O–H groups in total. The van der Waals surface area contributed by atoms with Crippen LogP contribution in [-0.4, -0.2) is 25.7 Å². The summed E-state index contributed by atoms with van der Waals surface area (Å²) in [4.78, 5) is 0. The molecule has 2 nitrogen and oxygen atoms in total. The van der Waals surface area contributed by atoms with E-state index in [1.165, 1.54) is 19.3 Å². The molecule has 0 spiro atoms. The van der Waals surface area contributed by atoms with Gasteiger partial charge in [0.2, 0.25) is 0 Å². The Hall–Kier alpha value is -0.0800. The van der Waals surface area contributed by atoms with Crippen molar-refractivity contribution in [3.63, 3.8) is 0 Å². The summed E-state index contributed by atoms with van der Waals surface area (Å²) in [5, 5.41) is 7.11. The van der Waals surface area contributed by atoms with E-state index in [1.54, 1.807) is 0 Å². The van der Waals surface area contributed by atoms with Gasteiger partial charge in [-0.15, -0.1) is 0 Å². The normalized spacial score (nSPS) is 26.8. The van der Waals surface area contributed by atoms with Gasteiger partial charge in [-0.2, -0.15) is 0 Å². The van der Waals surface area contributed by atoms with Crippen molar-refractivity contribution in [3.05, 3.63) is 0 Å². The average Bonchev–Trinajstić information content (AvgIpc) is 2.52. The maximum Gasteiger partial charge on any atom is 0.00724 e. The topological polar surface area (TPSA) is 24.1 Å². The zero-order chi connectivity index (χ0) is 11.3. The molecular weight excluding hydrogens is 184 g/mol. The van der Waals surface area contributed by atoms with Gasteiger partial charge in [0.25, 0.3) is 0 Å². The molecule has 0 saturated heterocycles. The van der Waals surface area contributed by atoms with Crippen LogP contribution in [0, 0.1) is 11.3 Å². The zero-order valence-corrected chi connectivity index (χ0v) is 10.9. The fourth-order valence-corrected chi connectivity index (χ4v) is 2.44. The van der Waals surface area contributed by atoms with Crippen molar-refractivity contribution < 1.29 is 0 Å². The Balaban J connectivity index is 2.10. The van der Waals surface area contributed by atoms with Crippen LogP contribution in [0.3, 0.4) is 0 Å². The molecule has 0 aliphatic heterocycles. The van der Waals surface area contributed by atoms with Crippen molar-refractivity contribution in [2.24, 2.45) is 11.3 Å². The van der Waals surface area contributed by atoms with Gasteiger partial charge in [-0.25, -0.2) is 0 Å². The quantitative estimate of drug-likeness (QED) is 0.706. The molecule has 0 aromatic rings. The van der Waals surface area contributed by atoms with E-state index in [0.29, 0.717) is 5.41 Å². The summed E-state index contributed by atoms with van der Waals surface area (Å²) in [6.45, 7) is 12.6. The van der Waals surface area contributed by atoms with Gasteiger partial charge in [-0.1, -0.05) is 27.7 Å². The van der Waals surface area contributed by atoms with E-state index in [1.807, 2.05) is 0 Å². The van der Waals surface area contributed by atoms with Crippen LogP contribution in [0.5, 0.6) is 0 Å². The lowest BCUT2D eigenvalue weighted by atomic mass is 9.92. The standard InChI is InChI=1S/C13H28N2/c1-5-14-9-11(2)10-15-12-6-7-13(3,4)8-12/h11-12,14-15H,5-10H2,1-4H3. The van der Waals surface area contributed by atoms with Crippen molar-refractivity contribution >= 4 is 0 Å². The van der Waals surface area contributed by atoms with Gasteiger partial charge in [0.1, 0.15) is 0 Å². The van der Waals surface area contributed by atoms with Gasteiger partial charge in [-0.05, 0) is 50.2 Å². The van der Waals surface area contributed by atoms with E-state index >= 15 is 0 Å². The lowest BCUT2D eigenvalue weighted by Gasteiger charge is -2.20. The molecule has 90 valence electrons. The molecule has 0 aromatic carbocycles. The first-order valence-electron chi connectivity index (χ1n) is 6.47. The molecule has 0 radical (unpaired) electrons. The minimum atomic E-state index is 0.572. The Morgan fingerprint density at radius 2 is 2.07 bits per heavy atom. The van der Waals surface area contributed by atoms with E-state index in [9.17, 15) is 0 Å². The number of hydrogen-bond acceptors (Lipinski definition) is 2. The molecule has 1 aliphatic rings. The van der Waals surface area contributed by atoms with Gasteiger partial charge in [0, 0.05) is 6.04 Å². The van der Waals surface area contributed by atoms with Gasteiger partial charge in [0.05, 0.1) is 0 Å². The Bertz CT molecular complexity index is 177. The first-order valence-corrected chi connectivity index (χ1v) is 6.47. The Labute approximate surface area is 95.2 Å². The Morgan fingerprint density at radius 1 is 1.33 bits per heavy atom. The fourth-order valence-electron chi connectivity index (χ4n) is 2.44. The van der Waals surface area contributed by atoms with Gasteiger partial charge >= 0.3 is 0 Å². The van der Waals surface area contributed by atoms with Crippen molar-refractivity contribution in [2.75, 3.05) is 19.6 Å². The third-order valence-electron chi connectivity index (χ3n) is 3.47. The highest BCUT2D eigenvalue weighted by molar-refractivity contribution is 4.86. The Kier molecular flexibility index (Phi) is 5.07. The summed E-state index contributed by atoms with van der Waals surface area (Å²) in [7, 11) is 0. The van der Waals surface area contributed by atoms with E-state index in [-0.39, 0.29) is 0 Å². The summed E-state index contributed by atoms with van der Waals surface area (Å²) in [6, 6.07) is 0.768. The second kappa shape index (κ2) is 5.86. The van der Waals surface area contributed by atoms with Crippen LogP contribution >= 0.6 is 0 Å². The van der Waals surface area contributed by atoms with Crippen LogP contribution in [0.2, 0.25) is 0 Å². The third kappa shape index (κ3) is 4.98. The molecular formula is C13H28N2. The number of nitrogens with one attached hydrogen (secondary N) is 2. The summed E-state index contributed by atoms with van der Waals surface area (Å²) >= 11 is 0. The van der Waals surface area contributed by atoms with Crippen molar-refractivity contribution in [1.82, 2.24) is 10.6 Å². The predicted octanol–water partition coefficient (Wildman–Crippen LogP) is 2.40. The molecule has 2 heteroatoms. The first kappa shape index (κ1) is 13.0. The molecule has 0 aromatic heterocycles. The fraction of sp³-hybridized carbons (Fsp3) is 1.00. The second-order valence-corrected chi connectivity index (χ2v) is 5.93. The largest absolute Gasteiger partial charge is 0.317 e. The maximum atomic E-state index is 3.71. The van der Waals surface area contributed by atoms with Gasteiger partial charge in [-0.3, -0.25) is 0 Å². The molecule has 1 aliphatic carbocycles. The highest BCUT2D eigenvalue weighted by atomic mass is 14.9. The lowest BCUT2D eigenvalue weighted by molar-refractivity contribution is 0.356. The van der Waals surface area contributed by atoms with Crippen molar-refractivity contribution in [2.45, 2.75) is 53.0 Å². The summed E-state index contributed by atoms with van der Waals surface area (Å²) in [5.74, 6) is 0.744. The molecule has 15 heavy (non-hydrogen) atoms. The summed E-state index contributed by atoms with van der Waals surface area (Å²) < 4.78 is 0. The molecule has 2 unspecified atom stereocenters. The van der Waals surface area contributed by atoms with Gasteiger partial charge < -0.3 is 10.6 Å². The molecule has 0 bridgehead atoms.